The van der Waals surface area contributed by atoms with E-state index < -0.39 is 12.6 Å². The third-order valence-electron chi connectivity index (χ3n) is 1.99. The summed E-state index contributed by atoms with van der Waals surface area (Å²) in [6.45, 7) is -1.41. The van der Waals surface area contributed by atoms with Gasteiger partial charge in [0.1, 0.15) is 5.75 Å². The topological polar surface area (TPSA) is 70.6 Å². The van der Waals surface area contributed by atoms with E-state index in [2.05, 4.69) is 15.4 Å². The predicted molar refractivity (Wildman–Crippen MR) is 61.8 cm³/mol. The number of hydrogen-bond acceptors (Lipinski definition) is 3. The van der Waals surface area contributed by atoms with Gasteiger partial charge in [-0.1, -0.05) is 0 Å². The van der Waals surface area contributed by atoms with Gasteiger partial charge in [-0.15, -0.1) is 0 Å². The number of amides is 2. The van der Waals surface area contributed by atoms with Gasteiger partial charge in [-0.2, -0.15) is 8.78 Å². The Morgan fingerprint density at radius 1 is 1.39 bits per heavy atom. The highest BCUT2D eigenvalue weighted by Crippen LogP contribution is 2.17. The molecule has 0 aliphatic carbocycles. The van der Waals surface area contributed by atoms with Crippen LogP contribution in [0.15, 0.2) is 24.3 Å². The molecule has 7 heteroatoms. The van der Waals surface area contributed by atoms with Crippen molar-refractivity contribution in [1.29, 1.82) is 0 Å². The summed E-state index contributed by atoms with van der Waals surface area (Å²) < 4.78 is 27.9. The fourth-order valence-corrected chi connectivity index (χ4v) is 1.16. The number of ether oxygens (including phenoxy) is 1. The second-order valence-electron chi connectivity index (χ2n) is 3.58. The number of anilines is 1. The van der Waals surface area contributed by atoms with Gasteiger partial charge in [0.15, 0.2) is 0 Å². The van der Waals surface area contributed by atoms with Crippen LogP contribution in [0.3, 0.4) is 0 Å². The van der Waals surface area contributed by atoms with Crippen molar-refractivity contribution in [3.63, 3.8) is 0 Å². The van der Waals surface area contributed by atoms with Gasteiger partial charge < -0.3 is 20.5 Å². The lowest BCUT2D eigenvalue weighted by Crippen LogP contribution is -2.38. The summed E-state index contributed by atoms with van der Waals surface area (Å²) in [5.41, 5.74) is 0.430. The number of alkyl halides is 2. The van der Waals surface area contributed by atoms with E-state index in [4.69, 9.17) is 5.11 Å². The molecule has 0 spiro atoms. The summed E-state index contributed by atoms with van der Waals surface area (Å²) >= 11 is 0. The molecule has 0 fully saturated rings. The molecular weight excluding hydrogens is 246 g/mol. The third-order valence-corrected chi connectivity index (χ3v) is 1.99. The second-order valence-corrected chi connectivity index (χ2v) is 3.58. The number of rotatable bonds is 5. The number of hydrogen-bond donors (Lipinski definition) is 3. The zero-order valence-electron chi connectivity index (χ0n) is 9.69. The minimum absolute atomic E-state index is 0.0136. The van der Waals surface area contributed by atoms with Crippen LogP contribution in [-0.2, 0) is 0 Å². The standard InChI is InChI=1S/C11H14F2N2O3/c1-7(6-16)14-11(17)15-8-2-4-9(5-3-8)18-10(12)13/h2-5,7,10,16H,6H2,1H3,(H2,14,15,17)/t7-/m0/s1. The number of carbonyl (C=O) groups is 1. The lowest BCUT2D eigenvalue weighted by atomic mass is 10.3. The molecule has 1 rings (SSSR count). The maximum Gasteiger partial charge on any atom is 0.387 e. The van der Waals surface area contributed by atoms with Crippen LogP contribution < -0.4 is 15.4 Å². The molecule has 1 aromatic carbocycles. The van der Waals surface area contributed by atoms with Gasteiger partial charge in [0.2, 0.25) is 0 Å². The quantitative estimate of drug-likeness (QED) is 0.756. The maximum atomic E-state index is 11.9. The Morgan fingerprint density at radius 2 is 2.00 bits per heavy atom. The Balaban J connectivity index is 2.50. The summed E-state index contributed by atoms with van der Waals surface area (Å²) in [5.74, 6) is 0.0136. The number of benzene rings is 1. The minimum atomic E-state index is -2.88. The Morgan fingerprint density at radius 3 is 2.50 bits per heavy atom. The highest BCUT2D eigenvalue weighted by atomic mass is 19.3. The smallest absolute Gasteiger partial charge is 0.387 e. The molecule has 0 heterocycles. The lowest BCUT2D eigenvalue weighted by molar-refractivity contribution is -0.0498. The van der Waals surface area contributed by atoms with Gasteiger partial charge in [0.25, 0.3) is 0 Å². The summed E-state index contributed by atoms with van der Waals surface area (Å²) in [5, 5.41) is 13.7. The number of nitrogens with one attached hydrogen (secondary N) is 2. The van der Waals surface area contributed by atoms with E-state index in [0.717, 1.165) is 0 Å². The monoisotopic (exact) mass is 260 g/mol. The SMILES string of the molecule is C[C@@H](CO)NC(=O)Nc1ccc(OC(F)F)cc1. The molecule has 5 nitrogen and oxygen atoms in total. The number of aliphatic hydroxyl groups excluding tert-OH is 1. The van der Waals surface area contributed by atoms with Crippen molar-refractivity contribution >= 4 is 11.7 Å². The molecule has 0 bridgehead atoms. The number of aliphatic hydroxyl groups is 1. The predicted octanol–water partition coefficient (Wildman–Crippen LogP) is 1.79. The first kappa shape index (κ1) is 14.2. The number of halogens is 2. The van der Waals surface area contributed by atoms with Crippen LogP contribution in [-0.4, -0.2) is 30.4 Å². The molecule has 18 heavy (non-hydrogen) atoms. The van der Waals surface area contributed by atoms with Gasteiger partial charge in [-0.05, 0) is 31.2 Å². The van der Waals surface area contributed by atoms with E-state index in [1.807, 2.05) is 0 Å². The van der Waals surface area contributed by atoms with Crippen LogP contribution in [0.4, 0.5) is 19.3 Å². The fraction of sp³-hybridized carbons (Fsp3) is 0.364. The highest BCUT2D eigenvalue weighted by molar-refractivity contribution is 5.89. The molecule has 1 atom stereocenters. The van der Waals surface area contributed by atoms with Gasteiger partial charge >= 0.3 is 12.6 Å². The summed E-state index contributed by atoms with van der Waals surface area (Å²) in [4.78, 5) is 11.4. The number of carbonyl (C=O) groups excluding carboxylic acids is 1. The van der Waals surface area contributed by atoms with Crippen molar-refractivity contribution in [2.45, 2.75) is 19.6 Å². The van der Waals surface area contributed by atoms with Crippen LogP contribution in [0.5, 0.6) is 5.75 Å². The van der Waals surface area contributed by atoms with Crippen LogP contribution in [0.1, 0.15) is 6.92 Å². The molecule has 1 aromatic rings. The molecule has 3 N–H and O–H groups in total. The van der Waals surface area contributed by atoms with Crippen molar-refractivity contribution in [3.05, 3.63) is 24.3 Å². The van der Waals surface area contributed by atoms with Gasteiger partial charge in [-0.25, -0.2) is 4.79 Å². The Labute approximate surface area is 103 Å². The van der Waals surface area contributed by atoms with Gasteiger partial charge in [0.05, 0.1) is 12.6 Å². The Hall–Kier alpha value is -1.89. The van der Waals surface area contributed by atoms with Crippen LogP contribution in [0, 0.1) is 0 Å². The largest absolute Gasteiger partial charge is 0.435 e. The molecule has 0 aromatic heterocycles. The third kappa shape index (κ3) is 4.96. The van der Waals surface area contributed by atoms with Gasteiger partial charge in [-0.3, -0.25) is 0 Å². The average Bonchev–Trinajstić information content (AvgIpc) is 2.30. The minimum Gasteiger partial charge on any atom is -0.435 e. The first-order valence-electron chi connectivity index (χ1n) is 5.24. The van der Waals surface area contributed by atoms with E-state index in [1.54, 1.807) is 6.92 Å². The van der Waals surface area contributed by atoms with E-state index in [-0.39, 0.29) is 18.4 Å². The second kappa shape index (κ2) is 6.75. The normalized spacial score (nSPS) is 12.1. The van der Waals surface area contributed by atoms with E-state index >= 15 is 0 Å². The van der Waals surface area contributed by atoms with E-state index in [0.29, 0.717) is 5.69 Å². The van der Waals surface area contributed by atoms with E-state index in [9.17, 15) is 13.6 Å². The summed E-state index contributed by atoms with van der Waals surface area (Å²) in [6, 6.07) is 4.64. The molecule has 0 unspecified atom stereocenters. The lowest BCUT2D eigenvalue weighted by Gasteiger charge is -2.12. The summed E-state index contributed by atoms with van der Waals surface area (Å²) in [6.07, 6.45) is 0. The summed E-state index contributed by atoms with van der Waals surface area (Å²) in [7, 11) is 0. The molecule has 0 radical (unpaired) electrons. The van der Waals surface area contributed by atoms with Crippen molar-refractivity contribution in [2.75, 3.05) is 11.9 Å². The molecule has 100 valence electrons. The number of urea groups is 1. The molecule has 0 aliphatic rings. The Kier molecular flexibility index (Phi) is 5.31. The van der Waals surface area contributed by atoms with Crippen LogP contribution >= 0.6 is 0 Å². The van der Waals surface area contributed by atoms with Crippen molar-refractivity contribution in [2.24, 2.45) is 0 Å². The Bertz CT molecular complexity index is 384. The zero-order chi connectivity index (χ0) is 13.5. The van der Waals surface area contributed by atoms with Gasteiger partial charge in [0, 0.05) is 5.69 Å². The van der Waals surface area contributed by atoms with Crippen molar-refractivity contribution in [1.82, 2.24) is 5.32 Å². The molecule has 0 saturated carbocycles. The zero-order valence-corrected chi connectivity index (χ0v) is 9.69. The highest BCUT2D eigenvalue weighted by Gasteiger charge is 2.07. The maximum absolute atomic E-state index is 11.9. The van der Waals surface area contributed by atoms with Crippen molar-refractivity contribution in [3.8, 4) is 5.75 Å². The molecule has 2 amide bonds. The average molecular weight is 260 g/mol. The first-order valence-corrected chi connectivity index (χ1v) is 5.24. The van der Waals surface area contributed by atoms with E-state index in [1.165, 1.54) is 24.3 Å². The molecule has 0 aliphatic heterocycles. The van der Waals surface area contributed by atoms with Crippen molar-refractivity contribution < 1.29 is 23.4 Å². The molecule has 0 saturated heterocycles. The van der Waals surface area contributed by atoms with Crippen LogP contribution in [0.25, 0.3) is 0 Å². The first-order chi connectivity index (χ1) is 8.51. The van der Waals surface area contributed by atoms with Crippen LogP contribution in [0.2, 0.25) is 0 Å². The molecular formula is C11H14F2N2O3. The fourth-order valence-electron chi connectivity index (χ4n) is 1.16.